The zero-order valence-electron chi connectivity index (χ0n) is 10.7. The molecule has 2 rings (SSSR count). The molecule has 1 atom stereocenters. The van der Waals surface area contributed by atoms with Gasteiger partial charge in [-0.15, -0.1) is 0 Å². The molecule has 102 valence electrons. The van der Waals surface area contributed by atoms with E-state index in [-0.39, 0.29) is 5.76 Å². The zero-order chi connectivity index (χ0) is 13.8. The maximum absolute atomic E-state index is 11.8. The fourth-order valence-corrected chi connectivity index (χ4v) is 2.66. The van der Waals surface area contributed by atoms with Crippen LogP contribution in [0, 0.1) is 0 Å². The fraction of sp³-hybridized carbons (Fsp3) is 0.308. The van der Waals surface area contributed by atoms with Gasteiger partial charge in [0.1, 0.15) is 5.58 Å². The normalized spacial score (nSPS) is 12.6. The summed E-state index contributed by atoms with van der Waals surface area (Å²) in [4.78, 5) is 11.8. The third-order valence-electron chi connectivity index (χ3n) is 2.88. The molecule has 0 saturated heterocycles. The molecule has 1 amide bonds. The van der Waals surface area contributed by atoms with E-state index in [1.54, 1.807) is 11.8 Å². The molecule has 0 aliphatic rings. The van der Waals surface area contributed by atoms with Crippen molar-refractivity contribution in [1.29, 1.82) is 0 Å². The lowest BCUT2D eigenvalue weighted by molar-refractivity contribution is 0.0927. The summed E-state index contributed by atoms with van der Waals surface area (Å²) >= 11 is 1.69. The second-order valence-electron chi connectivity index (χ2n) is 4.24. The summed E-state index contributed by atoms with van der Waals surface area (Å²) < 4.78 is 5.58. The van der Waals surface area contributed by atoms with Gasteiger partial charge in [0.05, 0.1) is 0 Å². The molecule has 6 heteroatoms. The second-order valence-corrected chi connectivity index (χ2v) is 5.66. The molecule has 1 heterocycles. The van der Waals surface area contributed by atoms with Crippen molar-refractivity contribution in [3.05, 3.63) is 35.6 Å². The molecule has 19 heavy (non-hydrogen) atoms. The van der Waals surface area contributed by atoms with Crippen LogP contribution in [0.3, 0.4) is 0 Å². The van der Waals surface area contributed by atoms with Crippen LogP contribution in [-0.2, 0) is 5.75 Å². The molecule has 0 radical (unpaired) electrons. The van der Waals surface area contributed by atoms with Crippen LogP contribution >= 0.6 is 11.8 Å². The molecule has 5 N–H and O–H groups in total. The van der Waals surface area contributed by atoms with Gasteiger partial charge in [0.15, 0.2) is 5.76 Å². The van der Waals surface area contributed by atoms with Gasteiger partial charge in [0.25, 0.3) is 0 Å². The monoisotopic (exact) mass is 279 g/mol. The maximum atomic E-state index is 11.8. The first-order chi connectivity index (χ1) is 9.17. The number of nitrogens with two attached hydrogens (primary N) is 2. The van der Waals surface area contributed by atoms with Crippen molar-refractivity contribution in [2.45, 2.75) is 17.9 Å². The number of carbonyl (C=O) groups is 1. The summed E-state index contributed by atoms with van der Waals surface area (Å²) in [5.41, 5.74) is 9.28. The summed E-state index contributed by atoms with van der Waals surface area (Å²) in [6.07, 6.45) is 0. The Bertz CT molecular complexity index is 582. The third-order valence-corrected chi connectivity index (χ3v) is 4.10. The molecular formula is C13H17N3O2S. The van der Waals surface area contributed by atoms with Gasteiger partial charge >= 0.3 is 5.91 Å². The highest BCUT2D eigenvalue weighted by Gasteiger charge is 2.20. The quantitative estimate of drug-likeness (QED) is 0.439. The topological polar surface area (TPSA) is 94.3 Å². The van der Waals surface area contributed by atoms with E-state index < -0.39 is 5.91 Å². The molecule has 1 aromatic heterocycles. The lowest BCUT2D eigenvalue weighted by Gasteiger charge is -2.08. The van der Waals surface area contributed by atoms with E-state index in [1.807, 2.05) is 24.3 Å². The molecule has 0 saturated carbocycles. The van der Waals surface area contributed by atoms with E-state index in [0.717, 1.165) is 10.9 Å². The molecule has 1 unspecified atom stereocenters. The van der Waals surface area contributed by atoms with E-state index in [4.69, 9.17) is 16.0 Å². The van der Waals surface area contributed by atoms with Gasteiger partial charge in [0.2, 0.25) is 0 Å². The summed E-state index contributed by atoms with van der Waals surface area (Å²) in [5, 5.41) is 1.26. The van der Waals surface area contributed by atoms with Gasteiger partial charge in [-0.2, -0.15) is 11.8 Å². The van der Waals surface area contributed by atoms with E-state index in [9.17, 15) is 4.79 Å². The maximum Gasteiger partial charge on any atom is 0.301 e. The van der Waals surface area contributed by atoms with E-state index in [2.05, 4.69) is 12.3 Å². The van der Waals surface area contributed by atoms with Crippen LogP contribution in [0.5, 0.6) is 0 Å². The van der Waals surface area contributed by atoms with Crippen molar-refractivity contribution in [1.82, 2.24) is 5.43 Å². The van der Waals surface area contributed by atoms with Crippen LogP contribution in [0.1, 0.15) is 23.0 Å². The number of furan rings is 1. The minimum Gasteiger partial charge on any atom is -0.451 e. The summed E-state index contributed by atoms with van der Waals surface area (Å²) in [6, 6.07) is 7.57. The minimum atomic E-state index is -0.410. The van der Waals surface area contributed by atoms with Crippen LogP contribution in [-0.4, -0.2) is 17.7 Å². The predicted molar refractivity (Wildman–Crippen MR) is 77.7 cm³/mol. The molecule has 0 bridgehead atoms. The van der Waals surface area contributed by atoms with Gasteiger partial charge in [-0.25, -0.2) is 5.84 Å². The van der Waals surface area contributed by atoms with Crippen molar-refractivity contribution in [2.75, 3.05) is 6.54 Å². The minimum absolute atomic E-state index is 0.278. The first kappa shape index (κ1) is 13.9. The number of fused-ring (bicyclic) bond motifs is 1. The van der Waals surface area contributed by atoms with Crippen molar-refractivity contribution in [3.8, 4) is 0 Å². The van der Waals surface area contributed by atoms with Crippen LogP contribution < -0.4 is 17.0 Å². The number of rotatable bonds is 5. The molecule has 0 spiro atoms. The number of thioether (sulfide) groups is 1. The van der Waals surface area contributed by atoms with E-state index in [0.29, 0.717) is 23.1 Å². The first-order valence-corrected chi connectivity index (χ1v) is 7.05. The van der Waals surface area contributed by atoms with Crippen molar-refractivity contribution in [3.63, 3.8) is 0 Å². The largest absolute Gasteiger partial charge is 0.451 e. The van der Waals surface area contributed by atoms with Gasteiger partial charge in [-0.3, -0.25) is 10.2 Å². The number of hydrogen-bond acceptors (Lipinski definition) is 5. The zero-order valence-corrected chi connectivity index (χ0v) is 11.5. The van der Waals surface area contributed by atoms with Crippen LogP contribution in [0.4, 0.5) is 0 Å². The Kier molecular flexibility index (Phi) is 4.47. The number of carbonyl (C=O) groups excluding carboxylic acids is 1. The van der Waals surface area contributed by atoms with Gasteiger partial charge < -0.3 is 10.2 Å². The highest BCUT2D eigenvalue weighted by molar-refractivity contribution is 7.99. The number of hydrogen-bond donors (Lipinski definition) is 3. The van der Waals surface area contributed by atoms with Gasteiger partial charge in [-0.05, 0) is 6.07 Å². The number of amides is 1. The average molecular weight is 279 g/mol. The Hall–Kier alpha value is -1.50. The van der Waals surface area contributed by atoms with Gasteiger partial charge in [0, 0.05) is 28.5 Å². The second kappa shape index (κ2) is 6.10. The Morgan fingerprint density at radius 1 is 1.47 bits per heavy atom. The SMILES string of the molecule is CC(CN)SCc1c(C(=O)NN)oc2ccccc12. The number of hydrazine groups is 1. The summed E-state index contributed by atoms with van der Waals surface area (Å²) in [6.45, 7) is 2.65. The highest BCUT2D eigenvalue weighted by Crippen LogP contribution is 2.30. The van der Waals surface area contributed by atoms with Crippen molar-refractivity contribution < 1.29 is 9.21 Å². The fourth-order valence-electron chi connectivity index (χ4n) is 1.78. The van der Waals surface area contributed by atoms with Crippen LogP contribution in [0.15, 0.2) is 28.7 Å². The number of para-hydroxylation sites is 1. The molecule has 0 aliphatic heterocycles. The molecule has 2 aromatic rings. The lowest BCUT2D eigenvalue weighted by atomic mass is 10.1. The molecule has 1 aromatic carbocycles. The van der Waals surface area contributed by atoms with E-state index in [1.165, 1.54) is 0 Å². The number of benzene rings is 1. The third kappa shape index (κ3) is 2.91. The smallest absolute Gasteiger partial charge is 0.301 e. The Labute approximate surface area is 115 Å². The number of nitrogen functional groups attached to an aromatic ring is 1. The predicted octanol–water partition coefficient (Wildman–Crippen LogP) is 1.62. The standard InChI is InChI=1S/C13H17N3O2S/c1-8(6-14)19-7-10-9-4-2-3-5-11(9)18-12(10)13(17)16-15/h2-5,8H,6-7,14-15H2,1H3,(H,16,17). The highest BCUT2D eigenvalue weighted by atomic mass is 32.2. The van der Waals surface area contributed by atoms with Gasteiger partial charge in [-0.1, -0.05) is 25.1 Å². The van der Waals surface area contributed by atoms with Crippen LogP contribution in [0.25, 0.3) is 11.0 Å². The Balaban J connectivity index is 2.39. The molecular weight excluding hydrogens is 262 g/mol. The van der Waals surface area contributed by atoms with E-state index >= 15 is 0 Å². The summed E-state index contributed by atoms with van der Waals surface area (Å²) in [7, 11) is 0. The Morgan fingerprint density at radius 2 is 2.21 bits per heavy atom. The Morgan fingerprint density at radius 3 is 2.89 bits per heavy atom. The van der Waals surface area contributed by atoms with Crippen LogP contribution in [0.2, 0.25) is 0 Å². The van der Waals surface area contributed by atoms with Crippen molar-refractivity contribution in [2.24, 2.45) is 11.6 Å². The average Bonchev–Trinajstić information content (AvgIpc) is 2.82. The lowest BCUT2D eigenvalue weighted by Crippen LogP contribution is -2.30. The molecule has 5 nitrogen and oxygen atoms in total. The molecule has 0 aliphatic carbocycles. The molecule has 0 fully saturated rings. The number of nitrogens with one attached hydrogen (secondary N) is 1. The van der Waals surface area contributed by atoms with Crippen molar-refractivity contribution >= 4 is 28.6 Å². The first-order valence-electron chi connectivity index (χ1n) is 6.00. The summed E-state index contributed by atoms with van der Waals surface area (Å²) in [5.74, 6) is 5.72.